The van der Waals surface area contributed by atoms with Gasteiger partial charge in [0.25, 0.3) is 0 Å². The zero-order chi connectivity index (χ0) is 13.9. The van der Waals surface area contributed by atoms with E-state index >= 15 is 0 Å². The van der Waals surface area contributed by atoms with E-state index in [0.29, 0.717) is 0 Å². The van der Waals surface area contributed by atoms with E-state index in [0.717, 1.165) is 10.9 Å². The molecule has 7 nitrogen and oxygen atoms in total. The third-order valence-electron chi connectivity index (χ3n) is 2.05. The second-order valence-corrected chi connectivity index (χ2v) is 3.35. The van der Waals surface area contributed by atoms with Crippen LogP contribution in [0.3, 0.4) is 0 Å². The van der Waals surface area contributed by atoms with Crippen LogP contribution < -0.4 is 0 Å². The van der Waals surface area contributed by atoms with Gasteiger partial charge in [0.1, 0.15) is 12.5 Å². The lowest BCUT2D eigenvalue weighted by molar-refractivity contribution is 0.393. The van der Waals surface area contributed by atoms with Crippen molar-refractivity contribution < 1.29 is 8.94 Å². The largest absolute Gasteiger partial charge is 0.452 e. The number of rotatable bonds is 0. The number of oxazole rings is 1. The zero-order valence-electron chi connectivity index (χ0n) is 10.4. The molecule has 7 heteroatoms. The average molecular weight is 269 g/mol. The topological polar surface area (TPSA) is 90.7 Å². The highest BCUT2D eigenvalue weighted by Gasteiger charge is 1.87. The van der Waals surface area contributed by atoms with Gasteiger partial charge in [0.15, 0.2) is 6.39 Å². The van der Waals surface area contributed by atoms with Crippen molar-refractivity contribution in [3.63, 3.8) is 0 Å². The quantitative estimate of drug-likeness (QED) is 0.484. The highest BCUT2D eigenvalue weighted by molar-refractivity contribution is 5.77. The minimum Gasteiger partial charge on any atom is -0.452 e. The van der Waals surface area contributed by atoms with Crippen molar-refractivity contribution in [1.29, 1.82) is 0 Å². The van der Waals surface area contributed by atoms with Crippen LogP contribution in [0.2, 0.25) is 0 Å². The Hall–Kier alpha value is -3.09. The molecule has 0 unspecified atom stereocenters. The summed E-state index contributed by atoms with van der Waals surface area (Å²) in [4.78, 5) is 3.56. The molecule has 3 aromatic heterocycles. The summed E-state index contributed by atoms with van der Waals surface area (Å²) in [6.07, 6.45) is 9.04. The summed E-state index contributed by atoms with van der Waals surface area (Å²) in [6.45, 7) is 0. The van der Waals surface area contributed by atoms with Gasteiger partial charge >= 0.3 is 0 Å². The van der Waals surface area contributed by atoms with Gasteiger partial charge in [-0.25, -0.2) is 4.98 Å². The summed E-state index contributed by atoms with van der Waals surface area (Å²) >= 11 is 0. The molecule has 0 aliphatic heterocycles. The Morgan fingerprint density at radius 3 is 2.35 bits per heavy atom. The molecule has 0 aliphatic rings. The van der Waals surface area contributed by atoms with Crippen LogP contribution in [-0.4, -0.2) is 25.6 Å². The Balaban J connectivity index is 0.000000124. The molecule has 0 saturated carbocycles. The summed E-state index contributed by atoms with van der Waals surface area (Å²) in [6, 6.07) is 9.86. The van der Waals surface area contributed by atoms with Gasteiger partial charge < -0.3 is 8.94 Å². The van der Waals surface area contributed by atoms with E-state index in [1.807, 2.05) is 30.3 Å². The molecule has 1 aromatic carbocycles. The predicted octanol–water partition coefficient (Wildman–Crippen LogP) is 2.37. The maximum absolute atomic E-state index is 4.47. The Morgan fingerprint density at radius 1 is 0.850 bits per heavy atom. The normalized spacial score (nSPS) is 9.00. The fourth-order valence-electron chi connectivity index (χ4n) is 1.24. The zero-order valence-corrected chi connectivity index (χ0v) is 10.4. The molecule has 0 amide bonds. The number of nitrogens with zero attached hydrogens (tertiary/aromatic N) is 5. The van der Waals surface area contributed by atoms with Gasteiger partial charge in [-0.3, -0.25) is 0 Å². The van der Waals surface area contributed by atoms with Gasteiger partial charge in [0, 0.05) is 10.7 Å². The van der Waals surface area contributed by atoms with E-state index in [2.05, 4.69) is 34.5 Å². The molecule has 0 aliphatic carbocycles. The van der Waals surface area contributed by atoms with Crippen LogP contribution in [0.5, 0.6) is 0 Å². The maximum Gasteiger partial charge on any atom is 0.180 e. The Morgan fingerprint density at radius 2 is 1.80 bits per heavy atom. The molecule has 0 fully saturated rings. The third kappa shape index (κ3) is 4.65. The van der Waals surface area contributed by atoms with Crippen molar-refractivity contribution in [2.45, 2.75) is 0 Å². The van der Waals surface area contributed by atoms with E-state index in [-0.39, 0.29) is 0 Å². The molecule has 0 saturated heterocycles. The lowest BCUT2D eigenvalue weighted by Gasteiger charge is -1.90. The molecule has 20 heavy (non-hydrogen) atoms. The van der Waals surface area contributed by atoms with Crippen molar-refractivity contribution in [3.8, 4) is 0 Å². The van der Waals surface area contributed by atoms with Crippen molar-refractivity contribution in [3.05, 3.63) is 67.8 Å². The number of benzene rings is 1. The molecule has 0 spiro atoms. The molecule has 4 rings (SSSR count). The summed E-state index contributed by atoms with van der Waals surface area (Å²) in [5, 5.41) is 15.2. The Labute approximate surface area is 114 Å². The predicted molar refractivity (Wildman–Crippen MR) is 70.3 cm³/mol. The summed E-state index contributed by atoms with van der Waals surface area (Å²) in [5.41, 5.74) is 0.949. The van der Waals surface area contributed by atoms with Crippen molar-refractivity contribution >= 4 is 10.9 Å². The van der Waals surface area contributed by atoms with E-state index in [1.165, 1.54) is 25.1 Å². The fourth-order valence-corrected chi connectivity index (χ4v) is 1.24. The number of hydrogen-bond acceptors (Lipinski definition) is 7. The van der Waals surface area contributed by atoms with Gasteiger partial charge in [-0.05, 0) is 12.1 Å². The highest BCUT2D eigenvalue weighted by atomic mass is 16.5. The van der Waals surface area contributed by atoms with Gasteiger partial charge in [-0.2, -0.15) is 10.2 Å². The summed E-state index contributed by atoms with van der Waals surface area (Å²) < 4.78 is 8.69. The van der Waals surface area contributed by atoms with E-state index < -0.39 is 0 Å². The first-order valence-electron chi connectivity index (χ1n) is 5.66. The van der Waals surface area contributed by atoms with Gasteiger partial charge in [-0.15, -0.1) is 5.10 Å². The molecule has 0 bridgehead atoms. The second-order valence-electron chi connectivity index (χ2n) is 3.35. The average Bonchev–Trinajstić information content (AvgIpc) is 3.25. The van der Waals surface area contributed by atoms with Crippen LogP contribution in [0, 0.1) is 0 Å². The molecule has 4 aromatic rings. The first-order chi connectivity index (χ1) is 9.97. The number of aromatic nitrogens is 5. The van der Waals surface area contributed by atoms with Crippen molar-refractivity contribution in [1.82, 2.24) is 25.6 Å². The number of fused-ring (bicyclic) bond motifs is 1. The van der Waals surface area contributed by atoms with Crippen LogP contribution in [0.1, 0.15) is 0 Å². The van der Waals surface area contributed by atoms with Crippen LogP contribution >= 0.6 is 0 Å². The van der Waals surface area contributed by atoms with E-state index in [1.54, 1.807) is 12.4 Å². The fraction of sp³-hybridized carbons (Fsp3) is 0. The van der Waals surface area contributed by atoms with Crippen molar-refractivity contribution in [2.75, 3.05) is 0 Å². The minimum absolute atomic E-state index is 0.949. The van der Waals surface area contributed by atoms with Crippen molar-refractivity contribution in [2.24, 2.45) is 0 Å². The van der Waals surface area contributed by atoms with Crippen LogP contribution in [0.15, 0.2) is 76.8 Å². The van der Waals surface area contributed by atoms with Crippen LogP contribution in [0.25, 0.3) is 10.9 Å². The van der Waals surface area contributed by atoms with Gasteiger partial charge in [0.05, 0.1) is 24.1 Å². The maximum atomic E-state index is 4.47. The first kappa shape index (κ1) is 13.3. The molecule has 0 atom stereocenters. The molecular formula is C13H11N5O2. The van der Waals surface area contributed by atoms with E-state index in [9.17, 15) is 0 Å². The third-order valence-corrected chi connectivity index (χ3v) is 2.05. The first-order valence-corrected chi connectivity index (χ1v) is 5.66. The Kier molecular flexibility index (Phi) is 5.40. The molecule has 0 N–H and O–H groups in total. The SMILES string of the molecule is c1ccc2nnccc2c1.c1cocn1.c1conn1. The second kappa shape index (κ2) is 8.09. The lowest BCUT2D eigenvalue weighted by atomic mass is 10.2. The lowest BCUT2D eigenvalue weighted by Crippen LogP contribution is -1.79. The molecule has 100 valence electrons. The van der Waals surface area contributed by atoms with Crippen LogP contribution in [0.4, 0.5) is 0 Å². The monoisotopic (exact) mass is 269 g/mol. The summed E-state index contributed by atoms with van der Waals surface area (Å²) in [7, 11) is 0. The number of hydrogen-bond donors (Lipinski definition) is 0. The van der Waals surface area contributed by atoms with Crippen LogP contribution in [-0.2, 0) is 0 Å². The molecule has 3 heterocycles. The summed E-state index contributed by atoms with van der Waals surface area (Å²) in [5.74, 6) is 0. The molecule has 0 radical (unpaired) electrons. The Bertz CT molecular complexity index is 557. The van der Waals surface area contributed by atoms with Gasteiger partial charge in [-0.1, -0.05) is 18.2 Å². The molecular weight excluding hydrogens is 258 g/mol. The van der Waals surface area contributed by atoms with E-state index in [4.69, 9.17) is 0 Å². The standard InChI is InChI=1S/C8H6N2.C3H3NO.C2H2N2O/c1-2-4-8-7(3-1)5-6-9-10-8;1-2-5-3-4-1;1-2-5-4-3-1/h1-6H;1-3H;1-2H. The smallest absolute Gasteiger partial charge is 0.180 e. The highest BCUT2D eigenvalue weighted by Crippen LogP contribution is 2.06. The minimum atomic E-state index is 0.949. The van der Waals surface area contributed by atoms with Gasteiger partial charge in [0.2, 0.25) is 0 Å².